The molecule has 26 heavy (non-hydrogen) atoms. The molecule has 1 fully saturated rings. The van der Waals surface area contributed by atoms with Crippen LogP contribution < -0.4 is 4.90 Å². The maximum atomic E-state index is 13.1. The number of rotatable bonds is 4. The number of H-pyrrole nitrogens is 1. The third-order valence-corrected chi connectivity index (χ3v) is 6.57. The Hall–Kier alpha value is -2.26. The third-order valence-electron chi connectivity index (χ3n) is 4.13. The zero-order valence-electron chi connectivity index (χ0n) is 14.5. The summed E-state index contributed by atoms with van der Waals surface area (Å²) in [6, 6.07) is 8.17. The molecular formula is C17H18N6OS2. The number of nitrogens with one attached hydrogen (secondary N) is 1. The van der Waals surface area contributed by atoms with Crippen LogP contribution in [0.25, 0.3) is 0 Å². The minimum absolute atomic E-state index is 0.00358. The van der Waals surface area contributed by atoms with Crippen molar-refractivity contribution in [3.05, 3.63) is 40.5 Å². The van der Waals surface area contributed by atoms with E-state index in [0.29, 0.717) is 22.6 Å². The lowest BCUT2D eigenvalue weighted by molar-refractivity contribution is -0.122. The van der Waals surface area contributed by atoms with Gasteiger partial charge in [0.25, 0.3) is 5.91 Å². The number of nitrogens with zero attached hydrogens (tertiary/aromatic N) is 5. The predicted molar refractivity (Wildman–Crippen MR) is 105 cm³/mol. The number of anilines is 1. The Morgan fingerprint density at radius 3 is 2.85 bits per heavy atom. The van der Waals surface area contributed by atoms with Gasteiger partial charge < -0.3 is 4.90 Å². The Morgan fingerprint density at radius 2 is 2.12 bits per heavy atom. The predicted octanol–water partition coefficient (Wildman–Crippen LogP) is 3.58. The fourth-order valence-electron chi connectivity index (χ4n) is 2.78. The summed E-state index contributed by atoms with van der Waals surface area (Å²) < 4.78 is 0. The summed E-state index contributed by atoms with van der Waals surface area (Å²) in [5.74, 6) is 0.410. The van der Waals surface area contributed by atoms with Crippen molar-refractivity contribution in [3.63, 3.8) is 0 Å². The van der Waals surface area contributed by atoms with E-state index in [1.807, 2.05) is 19.2 Å². The zero-order valence-corrected chi connectivity index (χ0v) is 16.1. The van der Waals surface area contributed by atoms with Crippen LogP contribution in [0.15, 0.2) is 50.4 Å². The first-order valence-corrected chi connectivity index (χ1v) is 10.0. The third kappa shape index (κ3) is 3.01. The molecule has 1 saturated heterocycles. The van der Waals surface area contributed by atoms with E-state index in [4.69, 9.17) is 0 Å². The summed E-state index contributed by atoms with van der Waals surface area (Å²) in [5, 5.41) is 8.15. The van der Waals surface area contributed by atoms with Crippen molar-refractivity contribution in [1.82, 2.24) is 20.1 Å². The molecule has 0 unspecified atom stereocenters. The van der Waals surface area contributed by atoms with E-state index < -0.39 is 0 Å². The SMILES string of the molecule is CCCCN1C(=O)C(=C2Sc3ccccc3N2C)SC1=Nc1ncn[nH]1. The molecule has 9 heteroatoms. The van der Waals surface area contributed by atoms with Gasteiger partial charge in [-0.2, -0.15) is 15.1 Å². The van der Waals surface area contributed by atoms with Gasteiger partial charge in [0.1, 0.15) is 11.2 Å². The molecule has 1 aromatic carbocycles. The average molecular weight is 387 g/mol. The van der Waals surface area contributed by atoms with Crippen LogP contribution in [0.4, 0.5) is 11.6 Å². The van der Waals surface area contributed by atoms with E-state index in [0.717, 1.165) is 28.5 Å². The number of unbranched alkanes of at least 4 members (excludes halogenated alkanes) is 1. The zero-order chi connectivity index (χ0) is 18.1. The van der Waals surface area contributed by atoms with E-state index in [1.54, 1.807) is 16.7 Å². The highest BCUT2D eigenvalue weighted by Gasteiger charge is 2.38. The summed E-state index contributed by atoms with van der Waals surface area (Å²) in [6.45, 7) is 2.75. The highest BCUT2D eigenvalue weighted by molar-refractivity contribution is 8.19. The fraction of sp³-hybridized carbons (Fsp3) is 0.294. The number of carbonyl (C=O) groups is 1. The normalized spacial score (nSPS) is 21.2. The summed E-state index contributed by atoms with van der Waals surface area (Å²) in [7, 11) is 2.00. The number of aliphatic imine (C=N–C) groups is 1. The molecule has 1 N–H and O–H groups in total. The minimum Gasteiger partial charge on any atom is -0.337 e. The van der Waals surface area contributed by atoms with E-state index in [9.17, 15) is 4.79 Å². The molecule has 0 radical (unpaired) electrons. The van der Waals surface area contributed by atoms with E-state index >= 15 is 0 Å². The molecule has 0 atom stereocenters. The molecule has 0 bridgehead atoms. The minimum atomic E-state index is 0.00358. The quantitative estimate of drug-likeness (QED) is 0.810. The topological polar surface area (TPSA) is 77.5 Å². The number of para-hydroxylation sites is 1. The second-order valence-electron chi connectivity index (χ2n) is 5.88. The molecule has 3 heterocycles. The number of fused-ring (bicyclic) bond motifs is 1. The van der Waals surface area contributed by atoms with Gasteiger partial charge in [-0.05, 0) is 30.3 Å². The molecule has 1 aromatic heterocycles. The van der Waals surface area contributed by atoms with Crippen LogP contribution in [0, 0.1) is 0 Å². The van der Waals surface area contributed by atoms with Crippen molar-refractivity contribution < 1.29 is 4.79 Å². The van der Waals surface area contributed by atoms with Crippen molar-refractivity contribution >= 4 is 46.2 Å². The Labute approximate surface area is 160 Å². The lowest BCUT2D eigenvalue weighted by Crippen LogP contribution is -2.30. The number of hydrogen-bond donors (Lipinski definition) is 1. The van der Waals surface area contributed by atoms with Gasteiger partial charge in [-0.15, -0.1) is 0 Å². The summed E-state index contributed by atoms with van der Waals surface area (Å²) in [4.78, 5) is 27.4. The lowest BCUT2D eigenvalue weighted by Gasteiger charge is -2.16. The lowest BCUT2D eigenvalue weighted by atomic mass is 10.3. The molecule has 0 aliphatic carbocycles. The fourth-order valence-corrected chi connectivity index (χ4v) is 5.13. The summed E-state index contributed by atoms with van der Waals surface area (Å²) in [5.41, 5.74) is 1.12. The van der Waals surface area contributed by atoms with E-state index in [-0.39, 0.29) is 5.91 Å². The van der Waals surface area contributed by atoms with Gasteiger partial charge in [0.2, 0.25) is 5.95 Å². The smallest absolute Gasteiger partial charge is 0.269 e. The van der Waals surface area contributed by atoms with Crippen molar-refractivity contribution in [2.45, 2.75) is 24.7 Å². The molecule has 0 saturated carbocycles. The van der Waals surface area contributed by atoms with Crippen molar-refractivity contribution in [3.8, 4) is 0 Å². The summed E-state index contributed by atoms with van der Waals surface area (Å²) >= 11 is 3.03. The monoisotopic (exact) mass is 386 g/mol. The van der Waals surface area contributed by atoms with Crippen LogP contribution >= 0.6 is 23.5 Å². The van der Waals surface area contributed by atoms with Gasteiger partial charge in [-0.25, -0.2) is 5.10 Å². The molecule has 2 aliphatic heterocycles. The number of hydrogen-bond acceptors (Lipinski definition) is 7. The van der Waals surface area contributed by atoms with Crippen LogP contribution in [0.3, 0.4) is 0 Å². The van der Waals surface area contributed by atoms with Gasteiger partial charge >= 0.3 is 0 Å². The molecule has 2 aromatic rings. The summed E-state index contributed by atoms with van der Waals surface area (Å²) in [6.07, 6.45) is 3.34. The van der Waals surface area contributed by atoms with Crippen molar-refractivity contribution in [1.29, 1.82) is 0 Å². The van der Waals surface area contributed by atoms with Crippen molar-refractivity contribution in [2.24, 2.45) is 4.99 Å². The molecular weight excluding hydrogens is 368 g/mol. The molecule has 134 valence electrons. The van der Waals surface area contributed by atoms with Gasteiger partial charge in [0.15, 0.2) is 5.17 Å². The first-order chi connectivity index (χ1) is 12.7. The van der Waals surface area contributed by atoms with Gasteiger partial charge in [-0.1, -0.05) is 37.2 Å². The number of thioether (sulfide) groups is 2. The Balaban J connectivity index is 1.71. The largest absolute Gasteiger partial charge is 0.337 e. The first-order valence-electron chi connectivity index (χ1n) is 8.37. The van der Waals surface area contributed by atoms with Crippen LogP contribution in [0.5, 0.6) is 0 Å². The van der Waals surface area contributed by atoms with Gasteiger partial charge in [0.05, 0.1) is 10.7 Å². The number of aromatic nitrogens is 3. The van der Waals surface area contributed by atoms with Crippen LogP contribution in [0.2, 0.25) is 0 Å². The van der Waals surface area contributed by atoms with Crippen LogP contribution in [-0.2, 0) is 4.79 Å². The molecule has 4 rings (SSSR count). The van der Waals surface area contributed by atoms with Crippen LogP contribution in [-0.4, -0.2) is 44.7 Å². The molecule has 7 nitrogen and oxygen atoms in total. The number of amidine groups is 1. The van der Waals surface area contributed by atoms with Crippen LogP contribution in [0.1, 0.15) is 19.8 Å². The Morgan fingerprint density at radius 1 is 1.27 bits per heavy atom. The second kappa shape index (κ2) is 7.16. The number of aromatic amines is 1. The van der Waals surface area contributed by atoms with E-state index in [1.165, 1.54) is 18.1 Å². The van der Waals surface area contributed by atoms with Gasteiger partial charge in [0, 0.05) is 18.5 Å². The molecule has 1 amide bonds. The maximum Gasteiger partial charge on any atom is 0.269 e. The Bertz CT molecular complexity index is 892. The van der Waals surface area contributed by atoms with Gasteiger partial charge in [-0.3, -0.25) is 9.69 Å². The Kier molecular flexibility index (Phi) is 4.73. The number of benzene rings is 1. The standard InChI is InChI=1S/C17H18N6OS2/c1-3-4-9-23-14(24)13(26-17(23)20-16-18-10-19-21-16)15-22(2)11-7-5-6-8-12(11)25-15/h5-8,10H,3-4,9H2,1-2H3,(H,18,19,21). The van der Waals surface area contributed by atoms with Crippen molar-refractivity contribution in [2.75, 3.05) is 18.5 Å². The van der Waals surface area contributed by atoms with E-state index in [2.05, 4.69) is 44.1 Å². The average Bonchev–Trinajstić information content (AvgIpc) is 3.34. The molecule has 0 spiro atoms. The second-order valence-corrected chi connectivity index (χ2v) is 7.89. The maximum absolute atomic E-state index is 13.1. The number of amides is 1. The first kappa shape index (κ1) is 17.2. The highest BCUT2D eigenvalue weighted by Crippen LogP contribution is 2.49. The highest BCUT2D eigenvalue weighted by atomic mass is 32.2. The number of carbonyl (C=O) groups excluding carboxylic acids is 1. The molecule has 2 aliphatic rings.